The standard InChI is InChI=1S/C19H22N6/c1-14(2)16-4-3-5-17(11-16)24-19(20)23-12-15-6-7-22-18(10-15)25-9-8-21-13-25/h3-11,13-14H,12H2,1-2H3,(H3,20,23,24). The molecule has 0 saturated carbocycles. The van der Waals surface area contributed by atoms with E-state index in [0.717, 1.165) is 17.1 Å². The Morgan fingerprint density at radius 1 is 1.24 bits per heavy atom. The molecule has 2 heterocycles. The summed E-state index contributed by atoms with van der Waals surface area (Å²) in [5.74, 6) is 1.67. The quantitative estimate of drug-likeness (QED) is 0.554. The number of aromatic nitrogens is 3. The Bertz CT molecular complexity index is 852. The number of nitrogens with one attached hydrogen (secondary N) is 1. The molecule has 0 aliphatic rings. The lowest BCUT2D eigenvalue weighted by molar-refractivity contribution is 0.867. The Balaban J connectivity index is 1.67. The van der Waals surface area contributed by atoms with E-state index in [0.29, 0.717) is 18.4 Å². The zero-order valence-corrected chi connectivity index (χ0v) is 14.4. The van der Waals surface area contributed by atoms with E-state index < -0.39 is 0 Å². The molecule has 0 aliphatic heterocycles. The predicted octanol–water partition coefficient (Wildman–Crippen LogP) is 3.32. The first kappa shape index (κ1) is 16.7. The van der Waals surface area contributed by atoms with Crippen LogP contribution in [0.5, 0.6) is 0 Å². The predicted molar refractivity (Wildman–Crippen MR) is 101 cm³/mol. The van der Waals surface area contributed by atoms with Crippen LogP contribution < -0.4 is 11.1 Å². The zero-order valence-electron chi connectivity index (χ0n) is 14.4. The van der Waals surface area contributed by atoms with Crippen LogP contribution in [0.25, 0.3) is 5.82 Å². The fourth-order valence-electron chi connectivity index (χ4n) is 2.43. The molecule has 1 aromatic carbocycles. The Morgan fingerprint density at radius 2 is 2.12 bits per heavy atom. The molecule has 6 nitrogen and oxygen atoms in total. The molecule has 2 aromatic heterocycles. The van der Waals surface area contributed by atoms with Gasteiger partial charge >= 0.3 is 0 Å². The molecule has 3 rings (SSSR count). The second kappa shape index (κ2) is 7.61. The van der Waals surface area contributed by atoms with E-state index >= 15 is 0 Å². The van der Waals surface area contributed by atoms with Gasteiger partial charge in [-0.1, -0.05) is 26.0 Å². The highest BCUT2D eigenvalue weighted by atomic mass is 15.1. The van der Waals surface area contributed by atoms with Gasteiger partial charge in [-0.25, -0.2) is 15.0 Å². The van der Waals surface area contributed by atoms with Gasteiger partial charge in [-0.2, -0.15) is 0 Å². The number of nitrogens with two attached hydrogens (primary N) is 1. The minimum atomic E-state index is 0.391. The Kier molecular flexibility index (Phi) is 5.09. The number of hydrogen-bond acceptors (Lipinski definition) is 3. The third-order valence-corrected chi connectivity index (χ3v) is 3.84. The number of pyridine rings is 1. The Morgan fingerprint density at radius 3 is 2.88 bits per heavy atom. The third-order valence-electron chi connectivity index (χ3n) is 3.84. The maximum atomic E-state index is 6.02. The lowest BCUT2D eigenvalue weighted by Gasteiger charge is -2.10. The van der Waals surface area contributed by atoms with Crippen molar-refractivity contribution in [3.8, 4) is 5.82 Å². The maximum absolute atomic E-state index is 6.02. The van der Waals surface area contributed by atoms with Crippen LogP contribution in [0.1, 0.15) is 30.9 Å². The molecule has 3 aromatic rings. The summed E-state index contributed by atoms with van der Waals surface area (Å²) in [6.07, 6.45) is 7.05. The lowest BCUT2D eigenvalue weighted by Crippen LogP contribution is -2.22. The first-order chi connectivity index (χ1) is 12.1. The first-order valence-electron chi connectivity index (χ1n) is 8.22. The van der Waals surface area contributed by atoms with Gasteiger partial charge in [0.2, 0.25) is 0 Å². The number of rotatable bonds is 5. The number of nitrogens with zero attached hydrogens (tertiary/aromatic N) is 4. The van der Waals surface area contributed by atoms with E-state index in [4.69, 9.17) is 5.73 Å². The van der Waals surface area contributed by atoms with Gasteiger partial charge in [-0.15, -0.1) is 0 Å². The third kappa shape index (κ3) is 4.44. The molecule has 0 atom stereocenters. The Hall–Kier alpha value is -3.15. The van der Waals surface area contributed by atoms with Gasteiger partial charge in [-0.05, 0) is 41.3 Å². The minimum absolute atomic E-state index is 0.391. The van der Waals surface area contributed by atoms with Gasteiger partial charge in [0, 0.05) is 24.3 Å². The van der Waals surface area contributed by atoms with Gasteiger partial charge in [0.05, 0.1) is 6.54 Å². The molecule has 0 radical (unpaired) electrons. The molecule has 0 unspecified atom stereocenters. The van der Waals surface area contributed by atoms with Crippen molar-refractivity contribution in [1.82, 2.24) is 14.5 Å². The van der Waals surface area contributed by atoms with E-state index in [-0.39, 0.29) is 0 Å². The molecular formula is C19H22N6. The van der Waals surface area contributed by atoms with Crippen molar-refractivity contribution in [1.29, 1.82) is 0 Å². The molecule has 0 amide bonds. The second-order valence-electron chi connectivity index (χ2n) is 6.10. The molecule has 6 heteroatoms. The molecule has 25 heavy (non-hydrogen) atoms. The summed E-state index contributed by atoms with van der Waals surface area (Å²) in [6.45, 7) is 4.81. The number of hydrogen-bond donors (Lipinski definition) is 2. The summed E-state index contributed by atoms with van der Waals surface area (Å²) >= 11 is 0. The van der Waals surface area contributed by atoms with E-state index in [2.05, 4.69) is 46.3 Å². The summed E-state index contributed by atoms with van der Waals surface area (Å²) in [5.41, 5.74) is 9.25. The van der Waals surface area contributed by atoms with Crippen LogP contribution in [-0.4, -0.2) is 20.5 Å². The van der Waals surface area contributed by atoms with Crippen LogP contribution in [-0.2, 0) is 6.54 Å². The average molecular weight is 334 g/mol. The van der Waals surface area contributed by atoms with Crippen LogP contribution >= 0.6 is 0 Å². The van der Waals surface area contributed by atoms with Crippen molar-refractivity contribution in [2.75, 3.05) is 5.32 Å². The molecule has 0 bridgehead atoms. The zero-order chi connectivity index (χ0) is 17.6. The fraction of sp³-hybridized carbons (Fsp3) is 0.211. The highest BCUT2D eigenvalue weighted by Gasteiger charge is 2.02. The van der Waals surface area contributed by atoms with Crippen LogP contribution in [0.3, 0.4) is 0 Å². The van der Waals surface area contributed by atoms with Gasteiger partial charge < -0.3 is 11.1 Å². The number of benzene rings is 1. The van der Waals surface area contributed by atoms with Crippen molar-refractivity contribution in [2.45, 2.75) is 26.3 Å². The molecule has 3 N–H and O–H groups in total. The molecule has 128 valence electrons. The highest BCUT2D eigenvalue weighted by Crippen LogP contribution is 2.18. The number of imidazole rings is 1. The topological polar surface area (TPSA) is 81.1 Å². The summed E-state index contributed by atoms with van der Waals surface area (Å²) < 4.78 is 1.85. The normalized spacial score (nSPS) is 11.7. The Labute approximate surface area is 147 Å². The van der Waals surface area contributed by atoms with E-state index in [1.54, 1.807) is 18.7 Å². The fourth-order valence-corrected chi connectivity index (χ4v) is 2.43. The summed E-state index contributed by atoms with van der Waals surface area (Å²) in [7, 11) is 0. The smallest absolute Gasteiger partial charge is 0.193 e. The lowest BCUT2D eigenvalue weighted by atomic mass is 10.0. The second-order valence-corrected chi connectivity index (χ2v) is 6.10. The molecule has 0 aliphatic carbocycles. The number of anilines is 1. The van der Waals surface area contributed by atoms with Gasteiger partial charge in [-0.3, -0.25) is 4.57 Å². The van der Waals surface area contributed by atoms with Crippen molar-refractivity contribution in [2.24, 2.45) is 10.7 Å². The highest BCUT2D eigenvalue weighted by molar-refractivity contribution is 5.92. The van der Waals surface area contributed by atoms with Crippen molar-refractivity contribution in [3.05, 3.63) is 72.4 Å². The van der Waals surface area contributed by atoms with Gasteiger partial charge in [0.15, 0.2) is 5.96 Å². The van der Waals surface area contributed by atoms with Crippen molar-refractivity contribution in [3.63, 3.8) is 0 Å². The average Bonchev–Trinajstić information content (AvgIpc) is 3.15. The number of guanidine groups is 1. The maximum Gasteiger partial charge on any atom is 0.193 e. The van der Waals surface area contributed by atoms with Gasteiger partial charge in [0.1, 0.15) is 12.1 Å². The first-order valence-corrected chi connectivity index (χ1v) is 8.22. The van der Waals surface area contributed by atoms with Gasteiger partial charge in [0.25, 0.3) is 0 Å². The van der Waals surface area contributed by atoms with E-state index in [9.17, 15) is 0 Å². The van der Waals surface area contributed by atoms with Crippen LogP contribution in [0.4, 0.5) is 5.69 Å². The van der Waals surface area contributed by atoms with Crippen LogP contribution in [0, 0.1) is 0 Å². The minimum Gasteiger partial charge on any atom is -0.370 e. The SMILES string of the molecule is CC(C)c1cccc(NC(N)=NCc2ccnc(-n3ccnc3)c2)c1. The molecule has 0 fully saturated rings. The largest absolute Gasteiger partial charge is 0.370 e. The molecule has 0 saturated heterocycles. The summed E-state index contributed by atoms with van der Waals surface area (Å²) in [6, 6.07) is 12.1. The van der Waals surface area contributed by atoms with E-state index in [1.807, 2.05) is 35.0 Å². The van der Waals surface area contributed by atoms with Crippen molar-refractivity contribution < 1.29 is 0 Å². The summed E-state index contributed by atoms with van der Waals surface area (Å²) in [4.78, 5) is 12.8. The van der Waals surface area contributed by atoms with E-state index in [1.165, 1.54) is 5.56 Å². The summed E-state index contributed by atoms with van der Waals surface area (Å²) in [5, 5.41) is 3.15. The van der Waals surface area contributed by atoms with Crippen LogP contribution in [0.15, 0.2) is 66.3 Å². The molecular weight excluding hydrogens is 312 g/mol. The number of aliphatic imine (C=N–C) groups is 1. The van der Waals surface area contributed by atoms with Crippen LogP contribution in [0.2, 0.25) is 0 Å². The van der Waals surface area contributed by atoms with Crippen molar-refractivity contribution >= 4 is 11.6 Å². The molecule has 0 spiro atoms. The monoisotopic (exact) mass is 334 g/mol.